The number of hydrogen-bond donors (Lipinski definition) is 5. The Morgan fingerprint density at radius 3 is 2.00 bits per heavy atom. The van der Waals surface area contributed by atoms with Crippen molar-refractivity contribution in [1.82, 2.24) is 21.3 Å². The zero-order valence-electron chi connectivity index (χ0n) is 19.7. The quantitative estimate of drug-likeness (QED) is 0.337. The van der Waals surface area contributed by atoms with E-state index in [9.17, 15) is 24.0 Å². The van der Waals surface area contributed by atoms with Crippen LogP contribution in [0.15, 0.2) is 30.3 Å². The van der Waals surface area contributed by atoms with Crippen LogP contribution in [0, 0.1) is 0 Å². The van der Waals surface area contributed by atoms with E-state index in [-0.39, 0.29) is 6.42 Å². The molecule has 184 valence electrons. The molecule has 1 aromatic carbocycles. The van der Waals surface area contributed by atoms with Gasteiger partial charge in [-0.25, -0.2) is 4.79 Å². The Bertz CT molecular complexity index is 792. The van der Waals surface area contributed by atoms with Crippen LogP contribution in [0.2, 0.25) is 0 Å². The fraction of sp³-hybridized carbons (Fsp3) is 0.500. The van der Waals surface area contributed by atoms with Crippen LogP contribution < -0.4 is 21.3 Å². The first kappa shape index (κ1) is 29.4. The van der Waals surface area contributed by atoms with Crippen molar-refractivity contribution >= 4 is 29.8 Å². The van der Waals surface area contributed by atoms with Crippen LogP contribution >= 0.6 is 0 Å². The van der Waals surface area contributed by atoms with Gasteiger partial charge in [0.05, 0.1) is 6.54 Å². The average molecular weight is 467 g/mol. The molecule has 0 bridgehead atoms. The van der Waals surface area contributed by atoms with Gasteiger partial charge in [-0.1, -0.05) is 44.2 Å². The molecule has 11 nitrogen and oxygen atoms in total. The fourth-order valence-electron chi connectivity index (χ4n) is 2.30. The zero-order valence-corrected chi connectivity index (χ0v) is 19.7. The zero-order chi connectivity index (χ0) is 25.4. The van der Waals surface area contributed by atoms with E-state index in [1.807, 2.05) is 13.8 Å². The number of aliphatic carboxylic acids is 1. The van der Waals surface area contributed by atoms with E-state index in [1.54, 1.807) is 51.1 Å². The monoisotopic (exact) mass is 466 g/mol. The van der Waals surface area contributed by atoms with Crippen molar-refractivity contribution in [2.45, 2.75) is 52.7 Å². The summed E-state index contributed by atoms with van der Waals surface area (Å²) < 4.78 is 4.99. The fourth-order valence-corrected chi connectivity index (χ4v) is 2.30. The van der Waals surface area contributed by atoms with Gasteiger partial charge >= 0.3 is 12.1 Å². The van der Waals surface area contributed by atoms with Gasteiger partial charge < -0.3 is 31.1 Å². The van der Waals surface area contributed by atoms with Crippen molar-refractivity contribution in [3.8, 4) is 0 Å². The third-order valence-corrected chi connectivity index (χ3v) is 3.59. The van der Waals surface area contributed by atoms with E-state index in [0.29, 0.717) is 0 Å². The summed E-state index contributed by atoms with van der Waals surface area (Å²) in [5.74, 6) is -3.17. The number of alkyl carbamates (subject to hydrolysis) is 1. The number of carbonyl (C=O) groups excluding carboxylic acids is 4. The summed E-state index contributed by atoms with van der Waals surface area (Å²) in [4.78, 5) is 58.5. The Labute approximate surface area is 193 Å². The van der Waals surface area contributed by atoms with Crippen LogP contribution in [0.25, 0.3) is 0 Å². The van der Waals surface area contributed by atoms with E-state index in [0.717, 1.165) is 5.56 Å². The maximum absolute atomic E-state index is 12.3. The Morgan fingerprint density at radius 1 is 0.879 bits per heavy atom. The van der Waals surface area contributed by atoms with E-state index >= 15 is 0 Å². The second kappa shape index (κ2) is 15.2. The van der Waals surface area contributed by atoms with Gasteiger partial charge in [-0.05, 0) is 26.3 Å². The van der Waals surface area contributed by atoms with Gasteiger partial charge in [0.25, 0.3) is 0 Å². The maximum atomic E-state index is 12.3. The van der Waals surface area contributed by atoms with Gasteiger partial charge in [0.2, 0.25) is 17.7 Å². The van der Waals surface area contributed by atoms with Crippen LogP contribution in [-0.2, 0) is 30.3 Å². The third-order valence-electron chi connectivity index (χ3n) is 3.59. The Balaban J connectivity index is 0.00000497. The van der Waals surface area contributed by atoms with Gasteiger partial charge in [-0.2, -0.15) is 0 Å². The van der Waals surface area contributed by atoms with Gasteiger partial charge in [-0.15, -0.1) is 0 Å². The second-order valence-electron chi connectivity index (χ2n) is 7.55. The van der Waals surface area contributed by atoms with Gasteiger partial charge in [-0.3, -0.25) is 19.2 Å². The van der Waals surface area contributed by atoms with Crippen LogP contribution in [0.1, 0.15) is 40.2 Å². The maximum Gasteiger partial charge on any atom is 0.408 e. The van der Waals surface area contributed by atoms with Gasteiger partial charge in [0.1, 0.15) is 24.7 Å². The molecule has 1 aromatic rings. The number of rotatable bonds is 10. The highest BCUT2D eigenvalue weighted by Crippen LogP contribution is 2.06. The van der Waals surface area contributed by atoms with Crippen molar-refractivity contribution in [3.05, 3.63) is 35.9 Å². The molecule has 0 radical (unpaired) electrons. The summed E-state index contributed by atoms with van der Waals surface area (Å²) in [6.07, 6.45) is -0.642. The number of ether oxygens (including phenoxy) is 1. The predicted octanol–water partition coefficient (Wildman–Crippen LogP) is 0.582. The number of hydrogen-bond acceptors (Lipinski definition) is 6. The molecule has 33 heavy (non-hydrogen) atoms. The van der Waals surface area contributed by atoms with E-state index in [1.165, 1.54) is 0 Å². The lowest BCUT2D eigenvalue weighted by molar-refractivity contribution is -0.138. The normalized spacial score (nSPS) is 11.1. The molecule has 0 aromatic heterocycles. The van der Waals surface area contributed by atoms with Crippen molar-refractivity contribution < 1.29 is 33.8 Å². The largest absolute Gasteiger partial charge is 0.480 e. The highest BCUT2D eigenvalue weighted by atomic mass is 16.6. The lowest BCUT2D eigenvalue weighted by atomic mass is 10.1. The molecule has 11 heteroatoms. The molecule has 1 rings (SSSR count). The molecule has 0 spiro atoms. The first-order chi connectivity index (χ1) is 15.5. The Morgan fingerprint density at radius 2 is 1.45 bits per heavy atom. The SMILES string of the molecule is CC.CC(C)(C)OC(=O)NCC(=O)NCC(=O)NC(Cc1ccccc1)C(=O)NCC(=O)O. The smallest absolute Gasteiger partial charge is 0.408 e. The van der Waals surface area contributed by atoms with Crippen molar-refractivity contribution in [3.63, 3.8) is 0 Å². The molecule has 5 N–H and O–H groups in total. The summed E-state index contributed by atoms with van der Waals surface area (Å²) in [5.41, 5.74) is 0.0407. The van der Waals surface area contributed by atoms with E-state index < -0.39 is 61.1 Å². The van der Waals surface area contributed by atoms with Crippen LogP contribution in [0.4, 0.5) is 4.79 Å². The molecular formula is C22H34N4O7. The summed E-state index contributed by atoms with van der Waals surface area (Å²) in [5, 5.41) is 18.0. The number of carboxylic acid groups (broad SMARTS) is 1. The molecule has 0 aliphatic carbocycles. The van der Waals surface area contributed by atoms with Crippen molar-refractivity contribution in [2.24, 2.45) is 0 Å². The topological polar surface area (TPSA) is 163 Å². The lowest BCUT2D eigenvalue weighted by Gasteiger charge is -2.20. The number of nitrogens with one attached hydrogen (secondary N) is 4. The summed E-state index contributed by atoms with van der Waals surface area (Å²) >= 11 is 0. The lowest BCUT2D eigenvalue weighted by Crippen LogP contribution is -2.51. The summed E-state index contributed by atoms with van der Waals surface area (Å²) in [7, 11) is 0. The van der Waals surface area contributed by atoms with Crippen LogP contribution in [0.5, 0.6) is 0 Å². The molecule has 0 aliphatic heterocycles. The first-order valence-corrected chi connectivity index (χ1v) is 10.5. The molecule has 4 amide bonds. The minimum absolute atomic E-state index is 0.131. The average Bonchev–Trinajstić information content (AvgIpc) is 2.75. The van der Waals surface area contributed by atoms with Gasteiger partial charge in [0, 0.05) is 6.42 Å². The molecule has 1 unspecified atom stereocenters. The molecule has 0 fully saturated rings. The Kier molecular flexibility index (Phi) is 13.5. The number of carboxylic acids is 1. The second-order valence-corrected chi connectivity index (χ2v) is 7.55. The Hall–Kier alpha value is -3.63. The molecule has 0 saturated heterocycles. The predicted molar refractivity (Wildman–Crippen MR) is 121 cm³/mol. The molecular weight excluding hydrogens is 432 g/mol. The summed E-state index contributed by atoms with van der Waals surface area (Å²) in [6.45, 7) is 7.61. The first-order valence-electron chi connectivity index (χ1n) is 10.5. The molecule has 0 saturated carbocycles. The minimum atomic E-state index is -1.22. The highest BCUT2D eigenvalue weighted by Gasteiger charge is 2.22. The molecule has 0 aliphatic rings. The van der Waals surface area contributed by atoms with Crippen LogP contribution in [-0.4, -0.2) is 66.2 Å². The third kappa shape index (κ3) is 14.9. The van der Waals surface area contributed by atoms with Gasteiger partial charge in [0.15, 0.2) is 0 Å². The highest BCUT2D eigenvalue weighted by molar-refractivity contribution is 5.92. The molecule has 1 atom stereocenters. The minimum Gasteiger partial charge on any atom is -0.480 e. The standard InChI is InChI=1S/C20H28N4O7.C2H6/c1-20(2,3)31-19(30)23-10-15(25)21-11-16(26)24-14(18(29)22-12-17(27)28)9-13-7-5-4-6-8-13;1-2/h4-8,14H,9-12H2,1-3H3,(H,21,25)(H,22,29)(H,23,30)(H,24,26)(H,27,28);1-2H3. The van der Waals surface area contributed by atoms with E-state index in [2.05, 4.69) is 21.3 Å². The van der Waals surface area contributed by atoms with E-state index in [4.69, 9.17) is 9.84 Å². The number of amides is 4. The number of benzene rings is 1. The summed E-state index contributed by atoms with van der Waals surface area (Å²) in [6, 6.07) is 7.80. The van der Waals surface area contributed by atoms with Crippen LogP contribution in [0.3, 0.4) is 0 Å². The van der Waals surface area contributed by atoms with Crippen molar-refractivity contribution in [1.29, 1.82) is 0 Å². The van der Waals surface area contributed by atoms with Crippen molar-refractivity contribution in [2.75, 3.05) is 19.6 Å². The molecule has 0 heterocycles. The number of carbonyl (C=O) groups is 5.